The van der Waals surface area contributed by atoms with Crippen LogP contribution >= 0.6 is 11.6 Å². The molecule has 1 fully saturated rings. The van der Waals surface area contributed by atoms with Crippen molar-refractivity contribution in [1.82, 2.24) is 4.98 Å². The normalized spacial score (nSPS) is 25.1. The number of hydrogen-bond donors (Lipinski definition) is 3. The molecule has 0 amide bonds. The summed E-state index contributed by atoms with van der Waals surface area (Å²) in [6.45, 7) is 5.47. The number of carbonyl (C=O) groups is 2. The third kappa shape index (κ3) is 7.14. The predicted molar refractivity (Wildman–Crippen MR) is 186 cm³/mol. The number of pyridine rings is 1. The number of aromatic nitrogens is 1. The zero-order valence-electron chi connectivity index (χ0n) is 28.0. The van der Waals surface area contributed by atoms with Gasteiger partial charge < -0.3 is 25.0 Å². The largest absolute Gasteiger partial charge is 0.494 e. The summed E-state index contributed by atoms with van der Waals surface area (Å²) in [6.07, 6.45) is 9.95. The molecule has 3 atom stereocenters. The highest BCUT2D eigenvalue weighted by atomic mass is 35.5. The van der Waals surface area contributed by atoms with Crippen molar-refractivity contribution >= 4 is 29.2 Å². The highest BCUT2D eigenvalue weighted by Gasteiger charge is 2.54. The number of halogens is 1. The number of rotatable bonds is 13. The minimum Gasteiger partial charge on any atom is -0.494 e. The van der Waals surface area contributed by atoms with Crippen molar-refractivity contribution < 1.29 is 29.3 Å². The number of aliphatic carboxylic acids is 2. The van der Waals surface area contributed by atoms with E-state index in [2.05, 4.69) is 36.3 Å². The number of nitrogens with one attached hydrogen (secondary N) is 1. The average molecular weight is 675 g/mol. The van der Waals surface area contributed by atoms with Gasteiger partial charge in [0.1, 0.15) is 17.0 Å². The molecule has 1 spiro atoms. The third-order valence-corrected chi connectivity index (χ3v) is 11.3. The number of benzene rings is 2. The first-order chi connectivity index (χ1) is 23.1. The first kappa shape index (κ1) is 34.1. The third-order valence-electron chi connectivity index (χ3n) is 11.1. The molecule has 0 saturated heterocycles. The Morgan fingerprint density at radius 3 is 2.65 bits per heavy atom. The number of anilines is 1. The molecule has 0 aliphatic heterocycles. The Balaban J connectivity index is 1.22. The van der Waals surface area contributed by atoms with E-state index in [1.807, 2.05) is 30.5 Å². The highest BCUT2D eigenvalue weighted by molar-refractivity contribution is 6.30. The first-order valence-electron chi connectivity index (χ1n) is 17.4. The number of fused-ring (bicyclic) bond motifs is 3. The number of ether oxygens (including phenoxy) is 2. The summed E-state index contributed by atoms with van der Waals surface area (Å²) in [5, 5.41) is 23.5. The Bertz CT molecular complexity index is 1630. The molecule has 2 aromatic carbocycles. The molecule has 3 aliphatic carbocycles. The van der Waals surface area contributed by atoms with Gasteiger partial charge in [0.15, 0.2) is 0 Å². The van der Waals surface area contributed by atoms with Crippen LogP contribution in [-0.4, -0.2) is 45.9 Å². The van der Waals surface area contributed by atoms with Crippen molar-refractivity contribution in [2.75, 3.05) is 18.5 Å². The van der Waals surface area contributed by atoms with Crippen LogP contribution in [0.1, 0.15) is 99.9 Å². The molecular formula is C39H47ClN2O6. The average Bonchev–Trinajstić information content (AvgIpc) is 3.34. The smallest absolute Gasteiger partial charge is 0.329 e. The van der Waals surface area contributed by atoms with E-state index in [-0.39, 0.29) is 17.8 Å². The molecular weight excluding hydrogens is 628 g/mol. The zero-order valence-corrected chi connectivity index (χ0v) is 28.7. The van der Waals surface area contributed by atoms with Crippen LogP contribution in [0.5, 0.6) is 11.5 Å². The summed E-state index contributed by atoms with van der Waals surface area (Å²) in [5.74, 6) is 1.06. The second-order valence-corrected chi connectivity index (χ2v) is 14.8. The second-order valence-electron chi connectivity index (χ2n) is 14.4. The molecule has 256 valence electrons. The van der Waals surface area contributed by atoms with Crippen LogP contribution < -0.4 is 14.8 Å². The summed E-state index contributed by atoms with van der Waals surface area (Å²) in [5.41, 5.74) is 4.37. The standard InChI is InChI=1S/C39H47ClN2O6/c1-25(24-48-34-13-18-41-33-9-3-6-26(2)36(33)34)20-28-21-27-11-12-31(47-19-5-10-35(43)44)23-32(27)38(28)14-16-39(17-15-38,37(45)46)42-30-8-4-7-29(40)22-30/h4,7-8,11-13,18,22-23,25-26,28,42H,3,5-6,9-10,14-17,19-21,24H2,1-2H3,(H,43,44)(H,45,46)/t25-,26-,28?,38?,39?/m1/s1. The molecule has 3 aliphatic rings. The van der Waals surface area contributed by atoms with Crippen LogP contribution in [0.25, 0.3) is 0 Å². The van der Waals surface area contributed by atoms with E-state index in [4.69, 9.17) is 26.2 Å². The molecule has 3 N–H and O–H groups in total. The fourth-order valence-electron chi connectivity index (χ4n) is 8.58. The van der Waals surface area contributed by atoms with Gasteiger partial charge in [-0.25, -0.2) is 4.79 Å². The van der Waals surface area contributed by atoms with Gasteiger partial charge in [-0.15, -0.1) is 0 Å². The molecule has 3 aromatic rings. The fraction of sp³-hybridized carbons (Fsp3) is 0.513. The van der Waals surface area contributed by atoms with Gasteiger partial charge >= 0.3 is 11.9 Å². The maximum Gasteiger partial charge on any atom is 0.329 e. The van der Waals surface area contributed by atoms with E-state index in [1.165, 1.54) is 22.4 Å². The quantitative estimate of drug-likeness (QED) is 0.155. The maximum absolute atomic E-state index is 12.9. The van der Waals surface area contributed by atoms with Crippen LogP contribution in [0.3, 0.4) is 0 Å². The minimum atomic E-state index is -1.10. The molecule has 9 heteroatoms. The first-order valence-corrected chi connectivity index (χ1v) is 17.8. The molecule has 1 saturated carbocycles. The lowest BCUT2D eigenvalue weighted by molar-refractivity contribution is -0.144. The van der Waals surface area contributed by atoms with E-state index < -0.39 is 17.5 Å². The number of carboxylic acid groups (broad SMARTS) is 2. The lowest BCUT2D eigenvalue weighted by Crippen LogP contribution is -2.53. The lowest BCUT2D eigenvalue weighted by Gasteiger charge is -2.47. The summed E-state index contributed by atoms with van der Waals surface area (Å²) in [6, 6.07) is 15.5. The van der Waals surface area contributed by atoms with Gasteiger partial charge in [0.05, 0.1) is 13.2 Å². The minimum absolute atomic E-state index is 0.0645. The van der Waals surface area contributed by atoms with E-state index in [0.29, 0.717) is 55.0 Å². The van der Waals surface area contributed by atoms with Crippen LogP contribution in [0.4, 0.5) is 5.69 Å². The van der Waals surface area contributed by atoms with Crippen LogP contribution in [0.15, 0.2) is 54.7 Å². The summed E-state index contributed by atoms with van der Waals surface area (Å²) < 4.78 is 12.6. The van der Waals surface area contributed by atoms with Crippen LogP contribution in [0.2, 0.25) is 5.02 Å². The van der Waals surface area contributed by atoms with Crippen molar-refractivity contribution in [3.05, 3.63) is 82.1 Å². The monoisotopic (exact) mass is 674 g/mol. The Labute approximate surface area is 288 Å². The van der Waals surface area contributed by atoms with Gasteiger partial charge in [0.2, 0.25) is 0 Å². The summed E-state index contributed by atoms with van der Waals surface area (Å²) in [7, 11) is 0. The van der Waals surface area contributed by atoms with Gasteiger partial charge in [0.25, 0.3) is 0 Å². The highest BCUT2D eigenvalue weighted by Crippen LogP contribution is 2.56. The number of hydrogen-bond acceptors (Lipinski definition) is 6. The molecule has 1 heterocycles. The fourth-order valence-corrected chi connectivity index (χ4v) is 8.77. The lowest BCUT2D eigenvalue weighted by atomic mass is 9.59. The number of nitrogens with zero attached hydrogens (tertiary/aromatic N) is 1. The van der Waals surface area contributed by atoms with Crippen molar-refractivity contribution in [3.8, 4) is 11.5 Å². The van der Waals surface area contributed by atoms with Gasteiger partial charge in [-0.05, 0) is 135 Å². The Morgan fingerprint density at radius 1 is 1.08 bits per heavy atom. The van der Waals surface area contributed by atoms with E-state index >= 15 is 0 Å². The molecule has 48 heavy (non-hydrogen) atoms. The SMILES string of the molecule is C[C@@H](COc1ccnc2c1[C@H](C)CCC2)CC1Cc2ccc(OCCCC(=O)O)cc2C12CCC(Nc1cccc(Cl)c1)(C(=O)O)CC2. The van der Waals surface area contributed by atoms with Crippen molar-refractivity contribution in [2.45, 2.75) is 101 Å². The Kier molecular flexibility index (Phi) is 10.2. The van der Waals surface area contributed by atoms with Gasteiger partial charge in [0, 0.05) is 34.6 Å². The molecule has 8 nitrogen and oxygen atoms in total. The zero-order chi connectivity index (χ0) is 33.9. The predicted octanol–water partition coefficient (Wildman–Crippen LogP) is 8.44. The number of aryl methyl sites for hydroxylation is 1. The van der Waals surface area contributed by atoms with E-state index in [0.717, 1.165) is 56.4 Å². The maximum atomic E-state index is 12.9. The number of carboxylic acids is 2. The summed E-state index contributed by atoms with van der Waals surface area (Å²) >= 11 is 6.25. The van der Waals surface area contributed by atoms with Crippen molar-refractivity contribution in [3.63, 3.8) is 0 Å². The van der Waals surface area contributed by atoms with Crippen LogP contribution in [-0.2, 0) is 27.8 Å². The Hall–Kier alpha value is -3.78. The molecule has 1 unspecified atom stereocenters. The van der Waals surface area contributed by atoms with Gasteiger partial charge in [-0.3, -0.25) is 9.78 Å². The second kappa shape index (κ2) is 14.4. The van der Waals surface area contributed by atoms with Crippen LogP contribution in [0, 0.1) is 11.8 Å². The molecule has 1 aromatic heterocycles. The van der Waals surface area contributed by atoms with Crippen molar-refractivity contribution in [1.29, 1.82) is 0 Å². The summed E-state index contributed by atoms with van der Waals surface area (Å²) in [4.78, 5) is 28.5. The van der Waals surface area contributed by atoms with E-state index in [9.17, 15) is 14.7 Å². The van der Waals surface area contributed by atoms with Gasteiger partial charge in [-0.2, -0.15) is 0 Å². The topological polar surface area (TPSA) is 118 Å². The Morgan fingerprint density at radius 2 is 1.90 bits per heavy atom. The molecule has 0 radical (unpaired) electrons. The van der Waals surface area contributed by atoms with Gasteiger partial charge in [-0.1, -0.05) is 37.6 Å². The van der Waals surface area contributed by atoms with Crippen molar-refractivity contribution in [2.24, 2.45) is 11.8 Å². The molecule has 0 bridgehead atoms. The van der Waals surface area contributed by atoms with E-state index in [1.54, 1.807) is 12.1 Å². The molecule has 6 rings (SSSR count).